The smallest absolute Gasteiger partial charge is 0.0947 e. The molecule has 0 fully saturated rings. The molecule has 62 valence electrons. The van der Waals surface area contributed by atoms with E-state index in [9.17, 15) is 19.8 Å². The maximum absolute atomic E-state index is 10.3. The van der Waals surface area contributed by atoms with Crippen LogP contribution in [0.2, 0.25) is 0 Å². The van der Waals surface area contributed by atoms with Gasteiger partial charge in [0.15, 0.2) is 0 Å². The molecule has 0 radical (unpaired) electrons. The molecule has 0 atom stereocenters. The minimum Gasteiger partial charge on any atom is -0.545 e. The Kier molecular flexibility index (Phi) is 2.05. The van der Waals surface area contributed by atoms with Crippen LogP contribution in [0.3, 0.4) is 0 Å². The SMILES string of the molecule is O=C([O-])c1cccnc1C(=O)[O-]. The molecule has 0 unspecified atom stereocenters. The lowest BCUT2D eigenvalue weighted by molar-refractivity contribution is -0.260. The first kappa shape index (κ1) is 8.19. The van der Waals surface area contributed by atoms with Crippen LogP contribution in [-0.2, 0) is 0 Å². The van der Waals surface area contributed by atoms with E-state index in [1.807, 2.05) is 0 Å². The van der Waals surface area contributed by atoms with Gasteiger partial charge in [-0.05, 0) is 12.1 Å². The molecule has 1 aromatic rings. The molecule has 0 bridgehead atoms. The van der Waals surface area contributed by atoms with Gasteiger partial charge in [-0.25, -0.2) is 0 Å². The lowest BCUT2D eigenvalue weighted by Crippen LogP contribution is -2.30. The van der Waals surface area contributed by atoms with Crippen molar-refractivity contribution in [3.05, 3.63) is 29.6 Å². The van der Waals surface area contributed by atoms with Crippen molar-refractivity contribution in [2.75, 3.05) is 0 Å². The summed E-state index contributed by atoms with van der Waals surface area (Å²) in [5.74, 6) is -3.21. The van der Waals surface area contributed by atoms with Gasteiger partial charge < -0.3 is 19.8 Å². The molecule has 0 saturated heterocycles. The van der Waals surface area contributed by atoms with Crippen molar-refractivity contribution in [1.29, 1.82) is 0 Å². The molecule has 1 rings (SSSR count). The number of hydrogen-bond donors (Lipinski definition) is 0. The van der Waals surface area contributed by atoms with Crippen molar-refractivity contribution in [2.24, 2.45) is 0 Å². The number of carboxylic acid groups (broad SMARTS) is 2. The van der Waals surface area contributed by atoms with Crippen molar-refractivity contribution in [3.8, 4) is 0 Å². The largest absolute Gasteiger partial charge is 0.545 e. The number of carboxylic acids is 2. The van der Waals surface area contributed by atoms with E-state index < -0.39 is 23.2 Å². The predicted octanol–water partition coefficient (Wildman–Crippen LogP) is -2.19. The molecule has 1 aromatic heterocycles. The van der Waals surface area contributed by atoms with E-state index in [0.717, 1.165) is 12.3 Å². The van der Waals surface area contributed by atoms with Gasteiger partial charge in [0.05, 0.1) is 17.6 Å². The fraction of sp³-hybridized carbons (Fsp3) is 0. The third kappa shape index (κ3) is 1.39. The molecule has 0 aromatic carbocycles. The predicted molar refractivity (Wildman–Crippen MR) is 32.9 cm³/mol. The summed E-state index contributed by atoms with van der Waals surface area (Å²) < 4.78 is 0. The van der Waals surface area contributed by atoms with E-state index in [0.29, 0.717) is 0 Å². The number of carbonyl (C=O) groups is 2. The second kappa shape index (κ2) is 3.00. The highest BCUT2D eigenvalue weighted by Gasteiger charge is 2.03. The molecule has 0 aliphatic rings. The van der Waals surface area contributed by atoms with E-state index in [2.05, 4.69) is 4.98 Å². The summed E-state index contributed by atoms with van der Waals surface area (Å²) in [5, 5.41) is 20.5. The van der Waals surface area contributed by atoms with Crippen molar-refractivity contribution < 1.29 is 19.8 Å². The Morgan fingerprint density at radius 3 is 2.33 bits per heavy atom. The maximum Gasteiger partial charge on any atom is 0.0947 e. The van der Waals surface area contributed by atoms with Crippen LogP contribution in [-0.4, -0.2) is 16.9 Å². The van der Waals surface area contributed by atoms with E-state index >= 15 is 0 Å². The van der Waals surface area contributed by atoms with Gasteiger partial charge >= 0.3 is 0 Å². The Balaban J connectivity index is 3.27. The monoisotopic (exact) mass is 165 g/mol. The molecule has 5 heteroatoms. The molecular formula is C7H3NO4-2. The lowest BCUT2D eigenvalue weighted by atomic mass is 10.2. The fourth-order valence-electron chi connectivity index (χ4n) is 0.733. The van der Waals surface area contributed by atoms with Crippen molar-refractivity contribution >= 4 is 11.9 Å². The zero-order valence-electron chi connectivity index (χ0n) is 5.81. The number of aromatic carboxylic acids is 2. The van der Waals surface area contributed by atoms with Gasteiger partial charge in [0, 0.05) is 11.8 Å². The molecular weight excluding hydrogens is 162 g/mol. The Labute approximate surface area is 67.3 Å². The second-order valence-corrected chi connectivity index (χ2v) is 1.97. The van der Waals surface area contributed by atoms with Crippen molar-refractivity contribution in [2.45, 2.75) is 0 Å². The summed E-state index contributed by atoms with van der Waals surface area (Å²) in [4.78, 5) is 23.9. The van der Waals surface area contributed by atoms with Gasteiger partial charge in [-0.3, -0.25) is 4.98 Å². The highest BCUT2D eigenvalue weighted by molar-refractivity contribution is 5.98. The number of rotatable bonds is 2. The fourth-order valence-corrected chi connectivity index (χ4v) is 0.733. The van der Waals surface area contributed by atoms with Crippen molar-refractivity contribution in [3.63, 3.8) is 0 Å². The molecule has 0 amide bonds. The van der Waals surface area contributed by atoms with Gasteiger partial charge in [0.25, 0.3) is 0 Å². The van der Waals surface area contributed by atoms with Crippen LogP contribution in [0.15, 0.2) is 18.3 Å². The quantitative estimate of drug-likeness (QED) is 0.496. The molecule has 12 heavy (non-hydrogen) atoms. The zero-order valence-corrected chi connectivity index (χ0v) is 5.81. The highest BCUT2D eigenvalue weighted by Crippen LogP contribution is 2.01. The average Bonchev–Trinajstić information content (AvgIpc) is 2.04. The minimum atomic E-state index is -1.63. The summed E-state index contributed by atoms with van der Waals surface area (Å²) in [5.41, 5.74) is -1.09. The van der Waals surface area contributed by atoms with Crippen LogP contribution >= 0.6 is 0 Å². The molecule has 1 heterocycles. The van der Waals surface area contributed by atoms with Gasteiger partial charge in [-0.2, -0.15) is 0 Å². The van der Waals surface area contributed by atoms with Crippen LogP contribution in [0.1, 0.15) is 20.8 Å². The standard InChI is InChI=1S/C7H5NO4/c9-6(10)4-2-1-3-8-5(4)7(11)12/h1-3H,(H,9,10)(H,11,12)/p-2. The Morgan fingerprint density at radius 1 is 1.25 bits per heavy atom. The molecule has 0 spiro atoms. The third-order valence-corrected chi connectivity index (χ3v) is 1.22. The highest BCUT2D eigenvalue weighted by atomic mass is 16.4. The van der Waals surface area contributed by atoms with Crippen LogP contribution in [0.5, 0.6) is 0 Å². The maximum atomic E-state index is 10.3. The van der Waals surface area contributed by atoms with E-state index in [4.69, 9.17) is 0 Å². The molecule has 0 aliphatic carbocycles. The number of nitrogens with zero attached hydrogens (tertiary/aromatic N) is 1. The minimum absolute atomic E-state index is 0.475. The molecule has 0 aliphatic heterocycles. The lowest BCUT2D eigenvalue weighted by Gasteiger charge is -2.08. The van der Waals surface area contributed by atoms with Crippen molar-refractivity contribution in [1.82, 2.24) is 4.98 Å². The number of aromatic nitrogens is 1. The van der Waals surface area contributed by atoms with Gasteiger partial charge in [-0.15, -0.1) is 0 Å². The molecule has 5 nitrogen and oxygen atoms in total. The summed E-state index contributed by atoms with van der Waals surface area (Å²) in [6.07, 6.45) is 1.16. The Bertz CT molecular complexity index is 301. The normalized spacial score (nSPS) is 9.33. The summed E-state index contributed by atoms with van der Waals surface area (Å²) >= 11 is 0. The van der Waals surface area contributed by atoms with Gasteiger partial charge in [-0.1, -0.05) is 0 Å². The Morgan fingerprint density at radius 2 is 1.92 bits per heavy atom. The summed E-state index contributed by atoms with van der Waals surface area (Å²) in [6.45, 7) is 0. The topological polar surface area (TPSA) is 93.2 Å². The first-order chi connectivity index (χ1) is 5.63. The molecule has 0 saturated carbocycles. The van der Waals surface area contributed by atoms with E-state index in [1.54, 1.807) is 0 Å². The van der Waals surface area contributed by atoms with Crippen LogP contribution in [0.25, 0.3) is 0 Å². The van der Waals surface area contributed by atoms with E-state index in [1.165, 1.54) is 6.07 Å². The first-order valence-electron chi connectivity index (χ1n) is 3.00. The molecule has 0 N–H and O–H groups in total. The van der Waals surface area contributed by atoms with Gasteiger partial charge in [0.2, 0.25) is 0 Å². The number of pyridine rings is 1. The average molecular weight is 165 g/mol. The van der Waals surface area contributed by atoms with Crippen LogP contribution in [0, 0.1) is 0 Å². The number of carbonyl (C=O) groups excluding carboxylic acids is 2. The Hall–Kier alpha value is -1.91. The third-order valence-electron chi connectivity index (χ3n) is 1.22. The summed E-state index contributed by atoms with van der Waals surface area (Å²) in [6, 6.07) is 2.39. The van der Waals surface area contributed by atoms with Crippen LogP contribution in [0.4, 0.5) is 0 Å². The second-order valence-electron chi connectivity index (χ2n) is 1.97. The summed E-state index contributed by atoms with van der Waals surface area (Å²) in [7, 11) is 0. The van der Waals surface area contributed by atoms with E-state index in [-0.39, 0.29) is 0 Å². The number of hydrogen-bond acceptors (Lipinski definition) is 5. The van der Waals surface area contributed by atoms with Gasteiger partial charge in [0.1, 0.15) is 0 Å². The first-order valence-corrected chi connectivity index (χ1v) is 3.00. The zero-order chi connectivity index (χ0) is 9.14. The van der Waals surface area contributed by atoms with Crippen LogP contribution < -0.4 is 10.2 Å².